The van der Waals surface area contributed by atoms with Crippen molar-refractivity contribution < 1.29 is 4.79 Å². The van der Waals surface area contributed by atoms with E-state index in [4.69, 9.17) is 23.2 Å². The molecule has 0 aromatic carbocycles. The summed E-state index contributed by atoms with van der Waals surface area (Å²) in [5.41, 5.74) is 0.00187. The fraction of sp³-hybridized carbons (Fsp3) is 0.875. The van der Waals surface area contributed by atoms with Gasteiger partial charge in [-0.15, -0.1) is 23.2 Å². The van der Waals surface area contributed by atoms with E-state index in [1.54, 1.807) is 0 Å². The van der Waals surface area contributed by atoms with Crippen molar-refractivity contribution in [3.63, 3.8) is 0 Å². The second kappa shape index (κ2) is 2.95. The molecule has 0 aromatic rings. The minimum absolute atomic E-state index is 0.00187. The van der Waals surface area contributed by atoms with Crippen molar-refractivity contribution in [2.45, 2.75) is 37.4 Å². The van der Waals surface area contributed by atoms with Crippen molar-refractivity contribution >= 4 is 29.0 Å². The fourth-order valence-electron chi connectivity index (χ4n) is 1.28. The second-order valence-electron chi connectivity index (χ2n) is 3.76. The van der Waals surface area contributed by atoms with Crippen LogP contribution in [0.5, 0.6) is 0 Å². The van der Waals surface area contributed by atoms with Crippen LogP contribution in [0.1, 0.15) is 26.7 Å². The standard InChI is InChI=1S/C8H12Cl2O/c1-8(2)4-3-5(11)6(9)7(8)10/h6-7H,3-4H2,1-2H3/t6-,7+/m0/s1. The molecule has 11 heavy (non-hydrogen) atoms. The lowest BCUT2D eigenvalue weighted by Crippen LogP contribution is -2.42. The van der Waals surface area contributed by atoms with E-state index in [1.165, 1.54) is 0 Å². The molecule has 1 aliphatic rings. The van der Waals surface area contributed by atoms with Crippen LogP contribution in [0.2, 0.25) is 0 Å². The first-order chi connectivity index (χ1) is 4.95. The van der Waals surface area contributed by atoms with E-state index >= 15 is 0 Å². The third kappa shape index (κ3) is 1.70. The van der Waals surface area contributed by atoms with E-state index in [9.17, 15) is 4.79 Å². The lowest BCUT2D eigenvalue weighted by Gasteiger charge is -2.36. The normalized spacial score (nSPS) is 37.3. The molecule has 0 spiro atoms. The van der Waals surface area contributed by atoms with Gasteiger partial charge in [0, 0.05) is 6.42 Å². The highest BCUT2D eigenvalue weighted by molar-refractivity contribution is 6.38. The molecule has 0 heterocycles. The topological polar surface area (TPSA) is 17.1 Å². The molecule has 3 heteroatoms. The number of Topliss-reactive ketones (excluding diaryl/α,β-unsaturated/α-hetero) is 1. The summed E-state index contributed by atoms with van der Waals surface area (Å²) in [6, 6.07) is 0. The number of ketones is 1. The molecule has 0 amide bonds. The highest BCUT2D eigenvalue weighted by Gasteiger charge is 2.41. The van der Waals surface area contributed by atoms with Gasteiger partial charge in [0.2, 0.25) is 0 Å². The summed E-state index contributed by atoms with van der Waals surface area (Å²) in [6.07, 6.45) is 1.42. The Morgan fingerprint density at radius 1 is 1.45 bits per heavy atom. The van der Waals surface area contributed by atoms with E-state index < -0.39 is 5.38 Å². The van der Waals surface area contributed by atoms with E-state index in [-0.39, 0.29) is 16.6 Å². The van der Waals surface area contributed by atoms with Gasteiger partial charge >= 0.3 is 0 Å². The molecule has 1 saturated carbocycles. The first kappa shape index (κ1) is 9.34. The van der Waals surface area contributed by atoms with Crippen molar-refractivity contribution in [2.75, 3.05) is 0 Å². The van der Waals surface area contributed by atoms with Crippen LogP contribution in [0.15, 0.2) is 0 Å². The smallest absolute Gasteiger partial charge is 0.152 e. The Labute approximate surface area is 77.1 Å². The molecule has 1 nitrogen and oxygen atoms in total. The highest BCUT2D eigenvalue weighted by Crippen LogP contribution is 2.39. The van der Waals surface area contributed by atoms with Crippen molar-refractivity contribution in [2.24, 2.45) is 5.41 Å². The van der Waals surface area contributed by atoms with Gasteiger partial charge in [-0.3, -0.25) is 4.79 Å². The number of halogens is 2. The monoisotopic (exact) mass is 194 g/mol. The Hall–Kier alpha value is 0.250. The third-order valence-electron chi connectivity index (χ3n) is 2.33. The molecule has 64 valence electrons. The van der Waals surface area contributed by atoms with Gasteiger partial charge in [0.05, 0.1) is 5.38 Å². The quantitative estimate of drug-likeness (QED) is 0.543. The van der Waals surface area contributed by atoms with Gasteiger partial charge in [-0.25, -0.2) is 0 Å². The summed E-state index contributed by atoms with van der Waals surface area (Å²) >= 11 is 11.8. The first-order valence-corrected chi connectivity index (χ1v) is 4.63. The van der Waals surface area contributed by atoms with Gasteiger partial charge in [-0.1, -0.05) is 13.8 Å². The molecule has 1 rings (SSSR count). The maximum Gasteiger partial charge on any atom is 0.152 e. The van der Waals surface area contributed by atoms with Crippen molar-refractivity contribution in [1.82, 2.24) is 0 Å². The SMILES string of the molecule is CC1(C)CCC(=O)[C@H](Cl)[C@H]1Cl. The zero-order valence-corrected chi connectivity index (χ0v) is 8.24. The molecule has 0 aromatic heterocycles. The molecule has 0 radical (unpaired) electrons. The van der Waals surface area contributed by atoms with Gasteiger partial charge in [0.1, 0.15) is 5.38 Å². The summed E-state index contributed by atoms with van der Waals surface area (Å²) < 4.78 is 0. The maximum absolute atomic E-state index is 11.1. The molecule has 0 saturated heterocycles. The molecule has 0 N–H and O–H groups in total. The summed E-state index contributed by atoms with van der Waals surface area (Å²) in [7, 11) is 0. The van der Waals surface area contributed by atoms with Gasteiger partial charge in [0.25, 0.3) is 0 Å². The lowest BCUT2D eigenvalue weighted by atomic mass is 9.76. The number of hydrogen-bond donors (Lipinski definition) is 0. The van der Waals surface area contributed by atoms with Crippen LogP contribution in [0, 0.1) is 5.41 Å². The molecule has 1 aliphatic carbocycles. The Morgan fingerprint density at radius 3 is 2.45 bits per heavy atom. The Morgan fingerprint density at radius 2 is 2.00 bits per heavy atom. The molecule has 2 atom stereocenters. The zero-order valence-electron chi connectivity index (χ0n) is 6.73. The molecule has 0 aliphatic heterocycles. The average Bonchev–Trinajstić information content (AvgIpc) is 1.95. The Bertz CT molecular complexity index is 177. The zero-order chi connectivity index (χ0) is 8.65. The van der Waals surface area contributed by atoms with Crippen molar-refractivity contribution in [1.29, 1.82) is 0 Å². The summed E-state index contributed by atoms with van der Waals surface area (Å²) in [5.74, 6) is 0.0889. The van der Waals surface area contributed by atoms with Gasteiger partial charge in [-0.2, -0.15) is 0 Å². The molecule has 0 unspecified atom stereocenters. The maximum atomic E-state index is 11.1. The minimum Gasteiger partial charge on any atom is -0.298 e. The van der Waals surface area contributed by atoms with Crippen LogP contribution in [-0.2, 0) is 4.79 Å². The van der Waals surface area contributed by atoms with E-state index in [0.29, 0.717) is 6.42 Å². The number of hydrogen-bond acceptors (Lipinski definition) is 1. The molecular formula is C8H12Cl2O. The van der Waals surface area contributed by atoms with Crippen LogP contribution >= 0.6 is 23.2 Å². The van der Waals surface area contributed by atoms with Crippen LogP contribution in [0.25, 0.3) is 0 Å². The lowest BCUT2D eigenvalue weighted by molar-refractivity contribution is -0.121. The second-order valence-corrected chi connectivity index (χ2v) is 4.70. The largest absolute Gasteiger partial charge is 0.298 e. The Balaban J connectivity index is 2.75. The van der Waals surface area contributed by atoms with Crippen LogP contribution in [0.3, 0.4) is 0 Å². The first-order valence-electron chi connectivity index (χ1n) is 3.76. The van der Waals surface area contributed by atoms with Gasteiger partial charge < -0.3 is 0 Å². The molecule has 0 bridgehead atoms. The summed E-state index contributed by atoms with van der Waals surface area (Å²) in [4.78, 5) is 11.1. The Kier molecular flexibility index (Phi) is 2.50. The van der Waals surface area contributed by atoms with E-state index in [2.05, 4.69) is 0 Å². The third-order valence-corrected chi connectivity index (χ3v) is 3.79. The average molecular weight is 195 g/mol. The minimum atomic E-state index is -0.486. The van der Waals surface area contributed by atoms with Crippen LogP contribution in [-0.4, -0.2) is 16.5 Å². The van der Waals surface area contributed by atoms with Crippen LogP contribution in [0.4, 0.5) is 0 Å². The predicted molar refractivity (Wildman–Crippen MR) is 47.3 cm³/mol. The fourth-order valence-corrected chi connectivity index (χ4v) is 1.98. The van der Waals surface area contributed by atoms with Crippen LogP contribution < -0.4 is 0 Å². The van der Waals surface area contributed by atoms with Gasteiger partial charge in [-0.05, 0) is 11.8 Å². The van der Waals surface area contributed by atoms with E-state index in [1.807, 2.05) is 13.8 Å². The van der Waals surface area contributed by atoms with E-state index in [0.717, 1.165) is 6.42 Å². The summed E-state index contributed by atoms with van der Waals surface area (Å²) in [6.45, 7) is 4.10. The number of alkyl halides is 2. The van der Waals surface area contributed by atoms with Crippen molar-refractivity contribution in [3.8, 4) is 0 Å². The number of carbonyl (C=O) groups excluding carboxylic acids is 1. The highest BCUT2D eigenvalue weighted by atomic mass is 35.5. The number of rotatable bonds is 0. The molecular weight excluding hydrogens is 183 g/mol. The summed E-state index contributed by atoms with van der Waals surface area (Å²) in [5, 5.41) is -0.703. The molecule has 1 fully saturated rings. The number of carbonyl (C=O) groups is 1. The predicted octanol–water partition coefficient (Wildman–Crippen LogP) is 2.59. The van der Waals surface area contributed by atoms with Crippen molar-refractivity contribution in [3.05, 3.63) is 0 Å². The van der Waals surface area contributed by atoms with Gasteiger partial charge in [0.15, 0.2) is 5.78 Å².